The molecule has 4 aliphatic carbocycles. The van der Waals surface area contributed by atoms with Crippen molar-refractivity contribution in [1.29, 1.82) is 0 Å². The van der Waals surface area contributed by atoms with Crippen LogP contribution >= 0.6 is 0 Å². The maximum absolute atomic E-state index is 7.30. The number of hydrogen-bond acceptors (Lipinski definition) is 4. The van der Waals surface area contributed by atoms with Crippen LogP contribution in [0.15, 0.2) is 241 Å². The van der Waals surface area contributed by atoms with Gasteiger partial charge in [0.15, 0.2) is 0 Å². The monoisotopic (exact) mass is 1080 g/mol. The van der Waals surface area contributed by atoms with E-state index in [1.807, 2.05) is 0 Å². The number of anilines is 3. The molecule has 404 valence electrons. The third-order valence-electron chi connectivity index (χ3n) is 20.4. The fourth-order valence-electron chi connectivity index (χ4n) is 16.8. The van der Waals surface area contributed by atoms with Crippen LogP contribution in [0.2, 0.25) is 0 Å². The predicted molar refractivity (Wildman–Crippen MR) is 340 cm³/mol. The van der Waals surface area contributed by atoms with Crippen LogP contribution in [-0.2, 0) is 10.8 Å². The molecule has 4 nitrogen and oxygen atoms in total. The molecule has 84 heavy (non-hydrogen) atoms. The summed E-state index contributed by atoms with van der Waals surface area (Å²) in [5.74, 6) is 4.64. The first-order valence-electron chi connectivity index (χ1n) is 30.8. The van der Waals surface area contributed by atoms with Gasteiger partial charge in [0.05, 0.1) is 16.5 Å². The van der Waals surface area contributed by atoms with Gasteiger partial charge in [-0.1, -0.05) is 214 Å². The zero-order valence-corrected chi connectivity index (χ0v) is 46.9. The van der Waals surface area contributed by atoms with Gasteiger partial charge in [-0.25, -0.2) is 0 Å². The minimum absolute atomic E-state index is 0.538. The van der Waals surface area contributed by atoms with Crippen molar-refractivity contribution in [3.63, 3.8) is 0 Å². The molecule has 0 amide bonds. The van der Waals surface area contributed by atoms with E-state index < -0.39 is 10.8 Å². The Labute approximate surface area is 490 Å². The Morgan fingerprint density at radius 3 is 1.38 bits per heavy atom. The normalized spacial score (nSPS) is 16.6. The van der Waals surface area contributed by atoms with E-state index in [1.54, 1.807) is 0 Å². The molecule has 2 saturated carbocycles. The van der Waals surface area contributed by atoms with Gasteiger partial charge in [0.2, 0.25) is 0 Å². The van der Waals surface area contributed by atoms with Crippen LogP contribution in [0.25, 0.3) is 55.3 Å². The smallest absolute Gasteiger partial charge is 0.143 e. The molecule has 0 unspecified atom stereocenters. The molecule has 2 fully saturated rings. The zero-order chi connectivity index (χ0) is 55.1. The number of rotatable bonds is 6. The van der Waals surface area contributed by atoms with Crippen molar-refractivity contribution < 1.29 is 13.9 Å². The van der Waals surface area contributed by atoms with Crippen LogP contribution in [0, 0.1) is 0 Å². The predicted octanol–water partition coefficient (Wildman–Crippen LogP) is 21.8. The van der Waals surface area contributed by atoms with Gasteiger partial charge in [-0.05, 0) is 154 Å². The van der Waals surface area contributed by atoms with Crippen molar-refractivity contribution in [1.82, 2.24) is 0 Å². The number of ether oxygens (including phenoxy) is 2. The summed E-state index contributed by atoms with van der Waals surface area (Å²) >= 11 is 0. The number of fused-ring (bicyclic) bond motifs is 21. The molecule has 2 aliphatic heterocycles. The lowest BCUT2D eigenvalue weighted by molar-refractivity contribution is 0.433. The fourth-order valence-corrected chi connectivity index (χ4v) is 16.8. The number of hydrogen-bond donors (Lipinski definition) is 0. The molecule has 3 heterocycles. The standard InChI is InChI=1S/C80H61NO3/c1-3-20-50(21-4-1)52-38-42-57-58-43-39-53(51-22-5-2-6-23-51)47-69(58)80(68(57)46-52)67-32-13-18-37-76(67)83-77-45-41-55(49-71(77)80)81(72-33-14-8-25-60(72)62-27-19-28-63-61-26-9-15-34-73(61)84-78(62)63)54-40-44-59-56-24-7-10-29-64(56)79(70(59)48-54)65-30-11-16-35-74(65)82-75-36-17-12-31-66(75)79/h7-19,24-51H,1-6,20-23H2. The lowest BCUT2D eigenvalue weighted by Gasteiger charge is -2.41. The summed E-state index contributed by atoms with van der Waals surface area (Å²) < 4.78 is 21.1. The Kier molecular flexibility index (Phi) is 10.6. The van der Waals surface area contributed by atoms with E-state index in [-0.39, 0.29) is 0 Å². The number of para-hydroxylation sites is 6. The molecule has 12 aromatic rings. The SMILES string of the molecule is c1ccc2c(c1)Oc1ccc(N(c3ccc4c(c3)C3(c5ccccc5Oc5ccccc53)c3ccccc3-4)c3ccccc3-c3cccc4c3oc3ccccc34)cc1C21c2cc(C3CCCCC3)ccc2-c2ccc(C3CCCCC3)cc21. The van der Waals surface area contributed by atoms with Crippen molar-refractivity contribution in [3.05, 3.63) is 292 Å². The lowest BCUT2D eigenvalue weighted by atomic mass is 9.65. The summed E-state index contributed by atoms with van der Waals surface area (Å²) in [6, 6.07) is 88.9. The highest BCUT2D eigenvalue weighted by Gasteiger charge is 2.54. The van der Waals surface area contributed by atoms with Crippen LogP contribution in [0.1, 0.15) is 132 Å². The van der Waals surface area contributed by atoms with E-state index in [0.717, 1.165) is 84.3 Å². The summed E-state index contributed by atoms with van der Waals surface area (Å²) in [6.45, 7) is 0. The Hall–Kier alpha value is -9.38. The summed E-state index contributed by atoms with van der Waals surface area (Å²) in [5, 5.41) is 2.21. The fraction of sp³-hybridized carbons (Fsp3) is 0.175. The van der Waals surface area contributed by atoms with Gasteiger partial charge in [0.1, 0.15) is 34.2 Å². The summed E-state index contributed by atoms with van der Waals surface area (Å²) in [6.07, 6.45) is 12.7. The minimum Gasteiger partial charge on any atom is -0.457 e. The van der Waals surface area contributed by atoms with E-state index in [0.29, 0.717) is 11.8 Å². The zero-order valence-electron chi connectivity index (χ0n) is 46.9. The second kappa shape index (κ2) is 18.6. The second-order valence-corrected chi connectivity index (χ2v) is 24.6. The molecular weight excluding hydrogens is 1020 g/mol. The van der Waals surface area contributed by atoms with Crippen molar-refractivity contribution in [3.8, 4) is 56.4 Å². The highest BCUT2D eigenvalue weighted by molar-refractivity contribution is 6.11. The van der Waals surface area contributed by atoms with Crippen molar-refractivity contribution >= 4 is 39.0 Å². The minimum atomic E-state index is -0.676. The lowest BCUT2D eigenvalue weighted by Crippen LogP contribution is -2.33. The molecule has 6 aliphatic rings. The van der Waals surface area contributed by atoms with Gasteiger partial charge in [-0.2, -0.15) is 0 Å². The quantitative estimate of drug-likeness (QED) is 0.166. The van der Waals surface area contributed by atoms with Crippen LogP contribution in [0.3, 0.4) is 0 Å². The van der Waals surface area contributed by atoms with Gasteiger partial charge in [0.25, 0.3) is 0 Å². The third-order valence-corrected chi connectivity index (χ3v) is 20.4. The van der Waals surface area contributed by atoms with E-state index in [2.05, 4.69) is 241 Å². The van der Waals surface area contributed by atoms with Gasteiger partial charge in [-0.3, -0.25) is 0 Å². The molecule has 0 saturated heterocycles. The highest BCUT2D eigenvalue weighted by atomic mass is 16.5. The van der Waals surface area contributed by atoms with Crippen molar-refractivity contribution in [2.45, 2.75) is 86.9 Å². The Morgan fingerprint density at radius 1 is 0.310 bits per heavy atom. The maximum atomic E-state index is 7.30. The van der Waals surface area contributed by atoms with E-state index in [4.69, 9.17) is 13.9 Å². The van der Waals surface area contributed by atoms with E-state index in [9.17, 15) is 0 Å². The number of furan rings is 1. The van der Waals surface area contributed by atoms with Crippen LogP contribution < -0.4 is 14.4 Å². The molecular formula is C80H61NO3. The average Bonchev–Trinajstić information content (AvgIpc) is 1.55. The van der Waals surface area contributed by atoms with Crippen molar-refractivity contribution in [2.24, 2.45) is 0 Å². The van der Waals surface area contributed by atoms with E-state index >= 15 is 0 Å². The van der Waals surface area contributed by atoms with Gasteiger partial charge in [0, 0.05) is 55.5 Å². The van der Waals surface area contributed by atoms with Crippen LogP contribution in [0.4, 0.5) is 17.1 Å². The second-order valence-electron chi connectivity index (χ2n) is 24.6. The number of nitrogens with zero attached hydrogens (tertiary/aromatic N) is 1. The first-order chi connectivity index (χ1) is 41.6. The molecule has 1 aromatic heterocycles. The number of benzene rings is 11. The molecule has 0 radical (unpaired) electrons. The van der Waals surface area contributed by atoms with Crippen LogP contribution in [-0.4, -0.2) is 0 Å². The molecule has 0 bridgehead atoms. The van der Waals surface area contributed by atoms with Gasteiger partial charge in [-0.15, -0.1) is 0 Å². The van der Waals surface area contributed by atoms with Crippen LogP contribution in [0.5, 0.6) is 23.0 Å². The molecule has 18 rings (SSSR count). The Balaban J connectivity index is 0.926. The first kappa shape index (κ1) is 48.2. The summed E-state index contributed by atoms with van der Waals surface area (Å²) in [5.41, 5.74) is 23.6. The molecule has 4 heteroatoms. The van der Waals surface area contributed by atoms with E-state index in [1.165, 1.54) is 131 Å². The first-order valence-corrected chi connectivity index (χ1v) is 30.8. The topological polar surface area (TPSA) is 34.8 Å². The van der Waals surface area contributed by atoms with Gasteiger partial charge < -0.3 is 18.8 Å². The molecule has 2 spiro atoms. The third kappa shape index (κ3) is 6.77. The van der Waals surface area contributed by atoms with Crippen molar-refractivity contribution in [2.75, 3.05) is 4.90 Å². The highest BCUT2D eigenvalue weighted by Crippen LogP contribution is 2.66. The largest absolute Gasteiger partial charge is 0.457 e. The average molecular weight is 1080 g/mol. The van der Waals surface area contributed by atoms with Gasteiger partial charge >= 0.3 is 0 Å². The maximum Gasteiger partial charge on any atom is 0.143 e. The molecule has 11 aromatic carbocycles. The summed E-state index contributed by atoms with van der Waals surface area (Å²) in [4.78, 5) is 2.53. The molecule has 0 atom stereocenters. The summed E-state index contributed by atoms with van der Waals surface area (Å²) in [7, 11) is 0. The Bertz CT molecular complexity index is 4570. The molecule has 0 N–H and O–H groups in total. The Morgan fingerprint density at radius 2 is 0.750 bits per heavy atom.